The van der Waals surface area contributed by atoms with E-state index in [-0.39, 0.29) is 35.5 Å². The number of halogens is 5. The largest absolute Gasteiger partial charge is 0.858 e. The van der Waals surface area contributed by atoms with Crippen LogP contribution in [0.5, 0.6) is 0 Å². The minimum absolute atomic E-state index is 0.00478. The van der Waals surface area contributed by atoms with Crippen LogP contribution in [0.25, 0.3) is 0 Å². The van der Waals surface area contributed by atoms with E-state index in [1.165, 1.54) is 12.1 Å². The molecule has 2 aromatic rings. The van der Waals surface area contributed by atoms with Gasteiger partial charge in [-0.15, -0.1) is 0 Å². The number of hydrogen-bond acceptors (Lipinski definition) is 5. The smallest absolute Gasteiger partial charge is 0.414 e. The van der Waals surface area contributed by atoms with E-state index in [2.05, 4.69) is 10.3 Å². The minimum Gasteiger partial charge on any atom is -0.858 e. The molecule has 0 aliphatic carbocycles. The van der Waals surface area contributed by atoms with Crippen molar-refractivity contribution in [1.82, 2.24) is 10.2 Å². The first-order chi connectivity index (χ1) is 16.0. The fourth-order valence-electron chi connectivity index (χ4n) is 3.97. The fourth-order valence-corrected chi connectivity index (χ4v) is 4.17. The summed E-state index contributed by atoms with van der Waals surface area (Å²) >= 11 is 5.75. The van der Waals surface area contributed by atoms with Gasteiger partial charge in [-0.3, -0.25) is 24.7 Å². The third-order valence-corrected chi connectivity index (χ3v) is 5.84. The Morgan fingerprint density at radius 3 is 2.59 bits per heavy atom. The molecule has 1 N–H and O–H groups in total. The molecule has 2 aliphatic heterocycles. The highest BCUT2D eigenvalue weighted by molar-refractivity contribution is 6.30. The first-order valence-corrected chi connectivity index (χ1v) is 10.4. The van der Waals surface area contributed by atoms with E-state index in [1.807, 2.05) is 0 Å². The van der Waals surface area contributed by atoms with Crippen molar-refractivity contribution >= 4 is 35.2 Å². The van der Waals surface area contributed by atoms with Crippen LogP contribution in [0.2, 0.25) is 5.02 Å². The summed E-state index contributed by atoms with van der Waals surface area (Å²) in [5, 5.41) is 14.7. The van der Waals surface area contributed by atoms with E-state index in [0.717, 1.165) is 29.2 Å². The molecule has 0 saturated carbocycles. The zero-order valence-corrected chi connectivity index (χ0v) is 17.9. The summed E-state index contributed by atoms with van der Waals surface area (Å²) in [4.78, 5) is 40.4. The second kappa shape index (κ2) is 8.71. The van der Waals surface area contributed by atoms with E-state index in [9.17, 15) is 32.7 Å². The number of benzene rings is 2. The van der Waals surface area contributed by atoms with E-state index in [1.54, 1.807) is 0 Å². The van der Waals surface area contributed by atoms with Crippen molar-refractivity contribution in [3.63, 3.8) is 0 Å². The van der Waals surface area contributed by atoms with E-state index in [4.69, 9.17) is 11.6 Å². The molecular weight excluding hydrogens is 482 g/mol. The molecule has 0 radical (unpaired) electrons. The highest BCUT2D eigenvalue weighted by atomic mass is 35.5. The highest BCUT2D eigenvalue weighted by Gasteiger charge is 2.42. The van der Waals surface area contributed by atoms with Gasteiger partial charge in [0.1, 0.15) is 11.9 Å². The molecule has 1 saturated heterocycles. The first kappa shape index (κ1) is 23.7. The van der Waals surface area contributed by atoms with E-state index in [0.29, 0.717) is 0 Å². The Labute approximate surface area is 195 Å². The minimum atomic E-state index is -4.95. The Balaban J connectivity index is 1.67. The average molecular weight is 497 g/mol. The number of piperidine rings is 1. The number of amides is 3. The highest BCUT2D eigenvalue weighted by Crippen LogP contribution is 2.37. The SMILES string of the molecule is O=C1CCC(N2Cc3c(ccc(C([O-])=NC(c4cccc(Cl)c4)C(F)(F)F)c3F)C2=O)C(=O)N1. The second-order valence-electron chi connectivity index (χ2n) is 7.79. The molecule has 3 amide bonds. The maximum atomic E-state index is 15.2. The summed E-state index contributed by atoms with van der Waals surface area (Å²) in [6, 6.07) is 3.12. The van der Waals surface area contributed by atoms with Crippen molar-refractivity contribution in [2.75, 3.05) is 0 Å². The number of aliphatic imine (C=N–C) groups is 1. The number of carbonyl (C=O) groups is 3. The number of hydrogen-bond donors (Lipinski definition) is 1. The number of rotatable bonds is 4. The normalized spacial score (nSPS) is 19.8. The van der Waals surface area contributed by atoms with Crippen LogP contribution in [0.4, 0.5) is 17.6 Å². The van der Waals surface area contributed by atoms with Crippen molar-refractivity contribution < 1.29 is 37.1 Å². The molecular formula is C22H15ClF4N3O4-. The van der Waals surface area contributed by atoms with Crippen molar-refractivity contribution in [3.05, 3.63) is 69.5 Å². The standard InChI is InChI=1S/C22H16ClF4N3O4/c23-11-3-1-2-10(8-11)18(22(25,26)27)29-19(32)13-5-4-12-14(17(13)24)9-30(21(12)34)15-6-7-16(31)28-20(15)33/h1-5,8,15,18H,6-7,9H2,(H,29,32)(H,28,31,33)/p-1. The summed E-state index contributed by atoms with van der Waals surface area (Å²) in [6.07, 6.45) is -4.92. The van der Waals surface area contributed by atoms with Crippen LogP contribution < -0.4 is 10.4 Å². The molecule has 1 fully saturated rings. The number of imide groups is 1. The van der Waals surface area contributed by atoms with Crippen LogP contribution in [-0.2, 0) is 16.1 Å². The molecule has 2 atom stereocenters. The Bertz CT molecular complexity index is 1230. The van der Waals surface area contributed by atoms with Crippen LogP contribution in [0, 0.1) is 5.82 Å². The third-order valence-electron chi connectivity index (χ3n) is 5.60. The van der Waals surface area contributed by atoms with Gasteiger partial charge in [-0.1, -0.05) is 29.8 Å². The molecule has 2 unspecified atom stereocenters. The molecule has 2 heterocycles. The molecule has 2 aliphatic rings. The van der Waals surface area contributed by atoms with Crippen molar-refractivity contribution in [2.24, 2.45) is 4.99 Å². The van der Waals surface area contributed by atoms with Crippen LogP contribution in [0.1, 0.15) is 45.9 Å². The monoisotopic (exact) mass is 496 g/mol. The average Bonchev–Trinajstić information content (AvgIpc) is 3.08. The van der Waals surface area contributed by atoms with Crippen molar-refractivity contribution in [1.29, 1.82) is 0 Å². The maximum Gasteiger partial charge on any atom is 0.414 e. The number of nitrogens with one attached hydrogen (secondary N) is 1. The quantitative estimate of drug-likeness (QED) is 0.304. The predicted octanol–water partition coefficient (Wildman–Crippen LogP) is 2.65. The Morgan fingerprint density at radius 1 is 1.21 bits per heavy atom. The number of alkyl halides is 3. The van der Waals surface area contributed by atoms with Gasteiger partial charge in [0.15, 0.2) is 6.04 Å². The zero-order valence-electron chi connectivity index (χ0n) is 17.2. The molecule has 7 nitrogen and oxygen atoms in total. The van der Waals surface area contributed by atoms with Gasteiger partial charge >= 0.3 is 6.18 Å². The van der Waals surface area contributed by atoms with Gasteiger partial charge < -0.3 is 10.0 Å². The van der Waals surface area contributed by atoms with Gasteiger partial charge in [0, 0.05) is 28.1 Å². The molecule has 0 aromatic heterocycles. The zero-order chi connectivity index (χ0) is 24.8. The first-order valence-electron chi connectivity index (χ1n) is 10.0. The van der Waals surface area contributed by atoms with Gasteiger partial charge in [0.05, 0.1) is 6.54 Å². The van der Waals surface area contributed by atoms with Gasteiger partial charge in [-0.05, 0) is 36.1 Å². The summed E-state index contributed by atoms with van der Waals surface area (Å²) in [5.74, 6) is -4.55. The lowest BCUT2D eigenvalue weighted by Gasteiger charge is -2.29. The lowest BCUT2D eigenvalue weighted by molar-refractivity contribution is -0.217. The van der Waals surface area contributed by atoms with E-state index < -0.39 is 58.8 Å². The van der Waals surface area contributed by atoms with Crippen molar-refractivity contribution in [2.45, 2.75) is 37.6 Å². The molecule has 2 aromatic carbocycles. The Morgan fingerprint density at radius 2 is 1.94 bits per heavy atom. The molecule has 4 rings (SSSR count). The molecule has 178 valence electrons. The maximum absolute atomic E-state index is 15.2. The van der Waals surface area contributed by atoms with Gasteiger partial charge in [-0.2, -0.15) is 13.2 Å². The summed E-state index contributed by atoms with van der Waals surface area (Å²) in [5.41, 5.74) is -1.50. The second-order valence-corrected chi connectivity index (χ2v) is 8.22. The third kappa shape index (κ3) is 4.35. The van der Waals surface area contributed by atoms with Gasteiger partial charge in [0.25, 0.3) is 5.91 Å². The van der Waals surface area contributed by atoms with Gasteiger partial charge in [0.2, 0.25) is 11.8 Å². The van der Waals surface area contributed by atoms with Crippen LogP contribution in [0.15, 0.2) is 41.4 Å². The summed E-state index contributed by atoms with van der Waals surface area (Å²) in [6.45, 7) is -0.385. The summed E-state index contributed by atoms with van der Waals surface area (Å²) < 4.78 is 56.0. The van der Waals surface area contributed by atoms with Crippen molar-refractivity contribution in [3.8, 4) is 0 Å². The molecule has 0 bridgehead atoms. The summed E-state index contributed by atoms with van der Waals surface area (Å²) in [7, 11) is 0. The van der Waals surface area contributed by atoms with Crippen LogP contribution >= 0.6 is 11.6 Å². The lowest BCUT2D eigenvalue weighted by Crippen LogP contribution is -2.52. The fraction of sp³-hybridized carbons (Fsp3) is 0.273. The van der Waals surface area contributed by atoms with Crippen LogP contribution in [0.3, 0.4) is 0 Å². The molecule has 12 heteroatoms. The van der Waals surface area contributed by atoms with Crippen LogP contribution in [-0.4, -0.2) is 40.7 Å². The lowest BCUT2D eigenvalue weighted by atomic mass is 10.0. The number of nitrogens with zero attached hydrogens (tertiary/aromatic N) is 2. The topological polar surface area (TPSA) is 102 Å². The molecule has 34 heavy (non-hydrogen) atoms. The number of fused-ring (bicyclic) bond motifs is 1. The Kier molecular flexibility index (Phi) is 6.07. The molecule has 0 spiro atoms. The van der Waals surface area contributed by atoms with Gasteiger partial charge in [-0.25, -0.2) is 4.39 Å². The van der Waals surface area contributed by atoms with E-state index >= 15 is 4.39 Å². The predicted molar refractivity (Wildman–Crippen MR) is 109 cm³/mol. The Hall–Kier alpha value is -3.47. The number of carbonyl (C=O) groups excluding carboxylic acids is 3.